The summed E-state index contributed by atoms with van der Waals surface area (Å²) in [5, 5.41) is 2.86. The van der Waals surface area contributed by atoms with E-state index >= 15 is 0 Å². The van der Waals surface area contributed by atoms with Crippen molar-refractivity contribution in [3.63, 3.8) is 0 Å². The molecule has 2 aliphatic rings. The van der Waals surface area contributed by atoms with Crippen LogP contribution in [0.25, 0.3) is 0 Å². The molecular weight excluding hydrogens is 397 g/mol. The molecule has 160 valence electrons. The van der Waals surface area contributed by atoms with Crippen LogP contribution in [0.4, 0.5) is 9.18 Å². The largest absolute Gasteiger partial charge is 0.329 e. The van der Waals surface area contributed by atoms with Crippen molar-refractivity contribution >= 4 is 21.8 Å². The Hall–Kier alpha value is -2.00. The van der Waals surface area contributed by atoms with Crippen LogP contribution in [0.1, 0.15) is 45.1 Å². The molecule has 1 aromatic carbocycles. The van der Waals surface area contributed by atoms with Gasteiger partial charge in [0.05, 0.1) is 12.3 Å². The molecule has 2 N–H and O–H groups in total. The summed E-state index contributed by atoms with van der Waals surface area (Å²) in [6.45, 7) is 4.65. The zero-order valence-electron chi connectivity index (χ0n) is 16.9. The van der Waals surface area contributed by atoms with E-state index in [2.05, 4.69) is 5.32 Å². The molecule has 3 amide bonds. The van der Waals surface area contributed by atoms with Crippen molar-refractivity contribution in [1.82, 2.24) is 10.2 Å². The molecular formula is C20H29FN3O4S+. The molecule has 7 nitrogen and oxygen atoms in total. The van der Waals surface area contributed by atoms with E-state index in [0.29, 0.717) is 24.9 Å². The molecule has 2 heterocycles. The minimum absolute atomic E-state index is 0.0821. The van der Waals surface area contributed by atoms with Crippen molar-refractivity contribution in [1.29, 1.82) is 0 Å². The number of carbonyl (C=O) groups excluding carboxylic acids is 2. The first-order valence-corrected chi connectivity index (χ1v) is 12.0. The van der Waals surface area contributed by atoms with Gasteiger partial charge in [0, 0.05) is 6.42 Å². The molecule has 2 aliphatic heterocycles. The van der Waals surface area contributed by atoms with Gasteiger partial charge in [0.1, 0.15) is 23.2 Å². The number of quaternary nitrogens is 1. The first-order chi connectivity index (χ1) is 13.7. The topological polar surface area (TPSA) is 88.0 Å². The summed E-state index contributed by atoms with van der Waals surface area (Å²) in [4.78, 5) is 28.3. The molecule has 9 heteroatoms. The van der Waals surface area contributed by atoms with Crippen molar-refractivity contribution in [2.75, 3.05) is 24.7 Å². The van der Waals surface area contributed by atoms with E-state index < -0.39 is 27.2 Å². The summed E-state index contributed by atoms with van der Waals surface area (Å²) in [5.74, 6) is -0.526. The number of nitrogens with zero attached hydrogens (tertiary/aromatic N) is 1. The van der Waals surface area contributed by atoms with Crippen molar-refractivity contribution < 1.29 is 27.3 Å². The summed E-state index contributed by atoms with van der Waals surface area (Å²) in [5.41, 5.74) is -0.642. The second-order valence-corrected chi connectivity index (χ2v) is 10.2. The fraction of sp³-hybridized carbons (Fsp3) is 0.600. The second kappa shape index (κ2) is 8.39. The number of halogens is 1. The lowest BCUT2D eigenvalue weighted by molar-refractivity contribution is -0.927. The normalized spacial score (nSPS) is 27.3. The van der Waals surface area contributed by atoms with Crippen LogP contribution in [-0.4, -0.2) is 56.0 Å². The van der Waals surface area contributed by atoms with Gasteiger partial charge in [-0.25, -0.2) is 22.5 Å². The highest BCUT2D eigenvalue weighted by atomic mass is 32.2. The Kier molecular flexibility index (Phi) is 6.28. The van der Waals surface area contributed by atoms with Gasteiger partial charge in [-0.15, -0.1) is 0 Å². The van der Waals surface area contributed by atoms with Gasteiger partial charge in [0.25, 0.3) is 5.91 Å². The number of urea groups is 1. The number of benzene rings is 1. The number of rotatable bonds is 8. The summed E-state index contributed by atoms with van der Waals surface area (Å²) >= 11 is 0. The standard InChI is InChI=1S/C20H28FN3O4S/c1-3-5-11-20(15-6-8-16(21)9-7-15)18(25)24(19(26)22-20)14-23(4-2)17-10-12-29(27,28)13-17/h6-9,17H,3-5,10-14H2,1-2H3,(H,22,26)/p+1/t17-,20+/m1/s1. The summed E-state index contributed by atoms with van der Waals surface area (Å²) in [6, 6.07) is 5.06. The van der Waals surface area contributed by atoms with Gasteiger partial charge < -0.3 is 10.2 Å². The predicted molar refractivity (Wildman–Crippen MR) is 106 cm³/mol. The first kappa shape index (κ1) is 21.7. The van der Waals surface area contributed by atoms with Gasteiger partial charge in [0.15, 0.2) is 16.5 Å². The van der Waals surface area contributed by atoms with Crippen LogP contribution in [0, 0.1) is 5.82 Å². The molecule has 0 aromatic heterocycles. The number of imide groups is 1. The molecule has 0 spiro atoms. The van der Waals surface area contributed by atoms with Gasteiger partial charge >= 0.3 is 6.03 Å². The zero-order chi connectivity index (χ0) is 21.2. The fourth-order valence-corrected chi connectivity index (χ4v) is 6.13. The van der Waals surface area contributed by atoms with Crippen LogP contribution in [0.2, 0.25) is 0 Å². The number of carbonyl (C=O) groups is 2. The molecule has 0 saturated carbocycles. The average Bonchev–Trinajstić information content (AvgIpc) is 3.16. The highest BCUT2D eigenvalue weighted by Crippen LogP contribution is 2.34. The van der Waals surface area contributed by atoms with E-state index in [1.54, 1.807) is 12.1 Å². The van der Waals surface area contributed by atoms with E-state index in [-0.39, 0.29) is 30.1 Å². The van der Waals surface area contributed by atoms with Gasteiger partial charge in [-0.3, -0.25) is 4.79 Å². The molecule has 0 radical (unpaired) electrons. The number of nitrogens with one attached hydrogen (secondary N) is 2. The number of hydrogen-bond acceptors (Lipinski definition) is 4. The quantitative estimate of drug-likeness (QED) is 0.603. The van der Waals surface area contributed by atoms with Crippen molar-refractivity contribution in [2.24, 2.45) is 0 Å². The number of sulfone groups is 1. The van der Waals surface area contributed by atoms with Crippen molar-refractivity contribution in [2.45, 2.75) is 51.1 Å². The molecule has 1 aromatic rings. The minimum Gasteiger partial charge on any atom is -0.319 e. The van der Waals surface area contributed by atoms with E-state index in [0.717, 1.165) is 17.7 Å². The third-order valence-electron chi connectivity index (χ3n) is 6.04. The Morgan fingerprint density at radius 1 is 1.24 bits per heavy atom. The number of hydrogen-bond donors (Lipinski definition) is 2. The van der Waals surface area contributed by atoms with Crippen LogP contribution >= 0.6 is 0 Å². The Balaban J connectivity index is 1.86. The van der Waals surface area contributed by atoms with Crippen LogP contribution in [0.3, 0.4) is 0 Å². The molecule has 3 atom stereocenters. The van der Waals surface area contributed by atoms with Gasteiger partial charge in [-0.1, -0.05) is 31.9 Å². The lowest BCUT2D eigenvalue weighted by Crippen LogP contribution is -3.17. The van der Waals surface area contributed by atoms with Crippen molar-refractivity contribution in [3.05, 3.63) is 35.6 Å². The molecule has 29 heavy (non-hydrogen) atoms. The third-order valence-corrected chi connectivity index (χ3v) is 7.81. The molecule has 2 saturated heterocycles. The Morgan fingerprint density at radius 3 is 2.48 bits per heavy atom. The van der Waals surface area contributed by atoms with Crippen LogP contribution in [0.5, 0.6) is 0 Å². The lowest BCUT2D eigenvalue weighted by Gasteiger charge is -2.29. The minimum atomic E-state index is -3.05. The van der Waals surface area contributed by atoms with Gasteiger partial charge in [0.2, 0.25) is 0 Å². The number of unbranched alkanes of at least 4 members (excludes halogenated alkanes) is 1. The fourth-order valence-electron chi connectivity index (χ4n) is 4.31. The highest BCUT2D eigenvalue weighted by Gasteiger charge is 2.53. The predicted octanol–water partition coefficient (Wildman–Crippen LogP) is 0.812. The Labute approximate surface area is 171 Å². The maximum atomic E-state index is 13.4. The van der Waals surface area contributed by atoms with E-state index in [9.17, 15) is 22.4 Å². The van der Waals surface area contributed by atoms with Crippen LogP contribution in [0.15, 0.2) is 24.3 Å². The highest BCUT2D eigenvalue weighted by molar-refractivity contribution is 7.91. The van der Waals surface area contributed by atoms with E-state index in [4.69, 9.17) is 0 Å². The Morgan fingerprint density at radius 2 is 1.93 bits per heavy atom. The monoisotopic (exact) mass is 426 g/mol. The number of amides is 3. The summed E-state index contributed by atoms with van der Waals surface area (Å²) in [6.07, 6.45) is 2.53. The van der Waals surface area contributed by atoms with Gasteiger partial charge in [-0.2, -0.15) is 0 Å². The van der Waals surface area contributed by atoms with Gasteiger partial charge in [-0.05, 0) is 31.0 Å². The van der Waals surface area contributed by atoms with Crippen molar-refractivity contribution in [3.8, 4) is 0 Å². The van der Waals surface area contributed by atoms with E-state index in [1.165, 1.54) is 17.0 Å². The summed E-state index contributed by atoms with van der Waals surface area (Å²) in [7, 11) is -3.05. The molecule has 3 rings (SSSR count). The third kappa shape index (κ3) is 4.30. The maximum Gasteiger partial charge on any atom is 0.329 e. The molecule has 2 fully saturated rings. The molecule has 0 aliphatic carbocycles. The first-order valence-electron chi connectivity index (χ1n) is 10.2. The smallest absolute Gasteiger partial charge is 0.319 e. The SMILES string of the molecule is CCCC[C@@]1(c2ccc(F)cc2)NC(=O)N(C[NH+](CC)[C@@H]2CCS(=O)(=O)C2)C1=O. The Bertz CT molecular complexity index is 874. The maximum absolute atomic E-state index is 13.4. The van der Waals surface area contributed by atoms with Crippen LogP contribution < -0.4 is 10.2 Å². The van der Waals surface area contributed by atoms with E-state index in [1.807, 2.05) is 13.8 Å². The molecule has 1 unspecified atom stereocenters. The molecule has 0 bridgehead atoms. The summed E-state index contributed by atoms with van der Waals surface area (Å²) < 4.78 is 37.1. The van der Waals surface area contributed by atoms with Crippen LogP contribution in [-0.2, 0) is 20.2 Å². The average molecular weight is 427 g/mol. The second-order valence-electron chi connectivity index (χ2n) is 7.95. The lowest BCUT2D eigenvalue weighted by atomic mass is 9.85. The zero-order valence-corrected chi connectivity index (χ0v) is 17.7.